The minimum atomic E-state index is -0.188. The van der Waals surface area contributed by atoms with Crippen molar-refractivity contribution in [2.24, 2.45) is 12.8 Å². The van der Waals surface area contributed by atoms with Gasteiger partial charge in [0.1, 0.15) is 0 Å². The highest BCUT2D eigenvalue weighted by molar-refractivity contribution is 5.82. The number of rotatable bonds is 3. The molecule has 3 heteroatoms. The minimum absolute atomic E-state index is 0.188. The van der Waals surface area contributed by atoms with E-state index in [1.165, 1.54) is 5.56 Å². The summed E-state index contributed by atoms with van der Waals surface area (Å²) in [7, 11) is 1.96. The minimum Gasteiger partial charge on any atom is -0.319 e. The molecule has 1 heterocycles. The highest BCUT2D eigenvalue weighted by Gasteiger charge is 2.16. The standard InChI is InChI=1S/C17H19N3/c1-3-12-8-10-13(11-9-12)16(18)17-14-6-4-5-7-15(14)20(2)19-17/h4-11,16H,3,18H2,1-2H3. The summed E-state index contributed by atoms with van der Waals surface area (Å²) in [5.74, 6) is 0. The molecule has 0 saturated carbocycles. The molecule has 3 nitrogen and oxygen atoms in total. The SMILES string of the molecule is CCc1ccc(C(N)c2nn(C)c3ccccc23)cc1. The molecule has 0 aliphatic carbocycles. The number of hydrogen-bond acceptors (Lipinski definition) is 2. The van der Waals surface area contributed by atoms with E-state index in [0.717, 1.165) is 28.6 Å². The van der Waals surface area contributed by atoms with E-state index in [1.807, 2.05) is 23.9 Å². The number of benzene rings is 2. The average Bonchev–Trinajstić information content (AvgIpc) is 2.84. The fourth-order valence-corrected chi connectivity index (χ4v) is 2.59. The molecule has 0 saturated heterocycles. The summed E-state index contributed by atoms with van der Waals surface area (Å²) in [6.45, 7) is 2.15. The van der Waals surface area contributed by atoms with Crippen LogP contribution in [0.3, 0.4) is 0 Å². The molecule has 3 aromatic rings. The highest BCUT2D eigenvalue weighted by atomic mass is 15.3. The normalized spacial score (nSPS) is 12.8. The van der Waals surface area contributed by atoms with Gasteiger partial charge >= 0.3 is 0 Å². The van der Waals surface area contributed by atoms with Gasteiger partial charge in [0.2, 0.25) is 0 Å². The van der Waals surface area contributed by atoms with Gasteiger partial charge in [0.15, 0.2) is 0 Å². The van der Waals surface area contributed by atoms with Crippen LogP contribution in [0.4, 0.5) is 0 Å². The van der Waals surface area contributed by atoms with Crippen LogP contribution in [0.2, 0.25) is 0 Å². The first-order valence-corrected chi connectivity index (χ1v) is 6.96. The number of aromatic nitrogens is 2. The number of fused-ring (bicyclic) bond motifs is 1. The van der Waals surface area contributed by atoms with Gasteiger partial charge < -0.3 is 5.73 Å². The highest BCUT2D eigenvalue weighted by Crippen LogP contribution is 2.26. The van der Waals surface area contributed by atoms with Crippen LogP contribution in [0.25, 0.3) is 10.9 Å². The number of nitrogens with zero attached hydrogens (tertiary/aromatic N) is 2. The molecule has 0 aliphatic heterocycles. The van der Waals surface area contributed by atoms with Crippen LogP contribution in [0.1, 0.15) is 29.8 Å². The van der Waals surface area contributed by atoms with Crippen molar-refractivity contribution in [1.82, 2.24) is 9.78 Å². The zero-order chi connectivity index (χ0) is 14.1. The molecular weight excluding hydrogens is 246 g/mol. The molecular formula is C17H19N3. The summed E-state index contributed by atoms with van der Waals surface area (Å²) in [6, 6.07) is 16.5. The van der Waals surface area contributed by atoms with Crippen molar-refractivity contribution in [2.75, 3.05) is 0 Å². The predicted molar refractivity (Wildman–Crippen MR) is 82.6 cm³/mol. The maximum Gasteiger partial charge on any atom is 0.0915 e. The largest absolute Gasteiger partial charge is 0.319 e. The third-order valence-corrected chi connectivity index (χ3v) is 3.83. The van der Waals surface area contributed by atoms with Crippen molar-refractivity contribution in [2.45, 2.75) is 19.4 Å². The Kier molecular flexibility index (Phi) is 3.28. The van der Waals surface area contributed by atoms with Crippen molar-refractivity contribution < 1.29 is 0 Å². The van der Waals surface area contributed by atoms with Crippen molar-refractivity contribution >= 4 is 10.9 Å². The van der Waals surface area contributed by atoms with Crippen LogP contribution < -0.4 is 5.73 Å². The first-order chi connectivity index (χ1) is 9.70. The fourth-order valence-electron chi connectivity index (χ4n) is 2.59. The van der Waals surface area contributed by atoms with E-state index in [9.17, 15) is 0 Å². The van der Waals surface area contributed by atoms with Gasteiger partial charge in [-0.05, 0) is 23.6 Å². The van der Waals surface area contributed by atoms with E-state index in [1.54, 1.807) is 0 Å². The van der Waals surface area contributed by atoms with Crippen molar-refractivity contribution in [3.8, 4) is 0 Å². The second kappa shape index (κ2) is 5.10. The lowest BCUT2D eigenvalue weighted by molar-refractivity contribution is 0.732. The van der Waals surface area contributed by atoms with E-state index in [-0.39, 0.29) is 6.04 Å². The molecule has 0 fully saturated rings. The van der Waals surface area contributed by atoms with Gasteiger partial charge in [-0.3, -0.25) is 4.68 Å². The Bertz CT molecular complexity index is 726. The Labute approximate surface area is 119 Å². The van der Waals surface area contributed by atoms with E-state index >= 15 is 0 Å². The first-order valence-electron chi connectivity index (χ1n) is 6.96. The lowest BCUT2D eigenvalue weighted by atomic mass is 10.00. The Morgan fingerprint density at radius 2 is 1.80 bits per heavy atom. The lowest BCUT2D eigenvalue weighted by Crippen LogP contribution is -2.13. The third-order valence-electron chi connectivity index (χ3n) is 3.83. The average molecular weight is 265 g/mol. The van der Waals surface area contributed by atoms with Crippen molar-refractivity contribution in [1.29, 1.82) is 0 Å². The monoisotopic (exact) mass is 265 g/mol. The summed E-state index contributed by atoms with van der Waals surface area (Å²) in [5, 5.41) is 5.73. The summed E-state index contributed by atoms with van der Waals surface area (Å²) in [4.78, 5) is 0. The Morgan fingerprint density at radius 3 is 2.50 bits per heavy atom. The number of hydrogen-bond donors (Lipinski definition) is 1. The molecule has 0 amide bonds. The van der Waals surface area contributed by atoms with Crippen molar-refractivity contribution in [3.05, 3.63) is 65.4 Å². The molecule has 20 heavy (non-hydrogen) atoms. The van der Waals surface area contributed by atoms with Crippen LogP contribution in [0.15, 0.2) is 48.5 Å². The van der Waals surface area contributed by atoms with E-state index < -0.39 is 0 Å². The van der Waals surface area contributed by atoms with Gasteiger partial charge in [-0.15, -0.1) is 0 Å². The van der Waals surface area contributed by atoms with E-state index in [2.05, 4.69) is 48.4 Å². The van der Waals surface area contributed by atoms with Crippen LogP contribution in [-0.4, -0.2) is 9.78 Å². The Hall–Kier alpha value is -2.13. The molecule has 2 aromatic carbocycles. The van der Waals surface area contributed by atoms with E-state index in [0.29, 0.717) is 0 Å². The molecule has 0 aliphatic rings. The molecule has 102 valence electrons. The van der Waals surface area contributed by atoms with Crippen LogP contribution >= 0.6 is 0 Å². The second-order valence-corrected chi connectivity index (χ2v) is 5.10. The number of nitrogens with two attached hydrogens (primary N) is 1. The maximum absolute atomic E-state index is 6.41. The predicted octanol–water partition coefficient (Wildman–Crippen LogP) is 3.18. The Morgan fingerprint density at radius 1 is 1.10 bits per heavy atom. The van der Waals surface area contributed by atoms with Gasteiger partial charge in [-0.1, -0.05) is 49.4 Å². The summed E-state index contributed by atoms with van der Waals surface area (Å²) >= 11 is 0. The zero-order valence-electron chi connectivity index (χ0n) is 11.9. The van der Waals surface area contributed by atoms with Crippen LogP contribution in [-0.2, 0) is 13.5 Å². The molecule has 0 spiro atoms. The smallest absolute Gasteiger partial charge is 0.0915 e. The zero-order valence-corrected chi connectivity index (χ0v) is 11.9. The molecule has 2 N–H and O–H groups in total. The molecule has 0 radical (unpaired) electrons. The molecule has 1 atom stereocenters. The quantitative estimate of drug-likeness (QED) is 0.790. The third kappa shape index (κ3) is 2.10. The van der Waals surface area contributed by atoms with Crippen molar-refractivity contribution in [3.63, 3.8) is 0 Å². The van der Waals surface area contributed by atoms with Gasteiger partial charge in [-0.2, -0.15) is 5.10 Å². The number of para-hydroxylation sites is 1. The first kappa shape index (κ1) is 12.9. The summed E-state index contributed by atoms with van der Waals surface area (Å²) in [6.07, 6.45) is 1.04. The summed E-state index contributed by atoms with van der Waals surface area (Å²) < 4.78 is 1.89. The topological polar surface area (TPSA) is 43.8 Å². The molecule has 0 bridgehead atoms. The molecule has 1 aromatic heterocycles. The van der Waals surface area contributed by atoms with Gasteiger partial charge in [-0.25, -0.2) is 0 Å². The van der Waals surface area contributed by atoms with Gasteiger partial charge in [0.25, 0.3) is 0 Å². The molecule has 3 rings (SSSR count). The fraction of sp³-hybridized carbons (Fsp3) is 0.235. The maximum atomic E-state index is 6.41. The van der Waals surface area contributed by atoms with Crippen LogP contribution in [0, 0.1) is 0 Å². The van der Waals surface area contributed by atoms with Gasteiger partial charge in [0.05, 0.1) is 17.3 Å². The second-order valence-electron chi connectivity index (χ2n) is 5.10. The van der Waals surface area contributed by atoms with Gasteiger partial charge in [0, 0.05) is 12.4 Å². The Balaban J connectivity index is 2.05. The molecule has 1 unspecified atom stereocenters. The van der Waals surface area contributed by atoms with Crippen LogP contribution in [0.5, 0.6) is 0 Å². The number of aryl methyl sites for hydroxylation is 2. The van der Waals surface area contributed by atoms with E-state index in [4.69, 9.17) is 5.73 Å². The summed E-state index contributed by atoms with van der Waals surface area (Å²) in [5.41, 5.74) is 10.9. The lowest BCUT2D eigenvalue weighted by Gasteiger charge is -2.10.